The van der Waals surface area contributed by atoms with Crippen LogP contribution in [0.15, 0.2) is 23.0 Å². The van der Waals surface area contributed by atoms with Gasteiger partial charge in [-0.15, -0.1) is 4.73 Å². The van der Waals surface area contributed by atoms with E-state index in [1.165, 1.54) is 10.3 Å². The first-order valence-corrected chi connectivity index (χ1v) is 8.22. The van der Waals surface area contributed by atoms with E-state index in [2.05, 4.69) is 24.8 Å². The Morgan fingerprint density at radius 1 is 1.27 bits per heavy atom. The van der Waals surface area contributed by atoms with E-state index in [9.17, 15) is 4.79 Å². The van der Waals surface area contributed by atoms with Crippen molar-refractivity contribution in [3.8, 4) is 0 Å². The number of rotatable bonds is 6. The van der Waals surface area contributed by atoms with E-state index in [1.807, 2.05) is 16.7 Å². The molecule has 0 unspecified atom stereocenters. The van der Waals surface area contributed by atoms with Crippen molar-refractivity contribution in [3.05, 3.63) is 34.2 Å². The van der Waals surface area contributed by atoms with Crippen LogP contribution in [0, 0.1) is 0 Å². The van der Waals surface area contributed by atoms with Gasteiger partial charge in [0, 0.05) is 12.6 Å². The molecule has 120 valence electrons. The third-order valence-electron chi connectivity index (χ3n) is 4.56. The fourth-order valence-corrected chi connectivity index (χ4v) is 3.70. The van der Waals surface area contributed by atoms with Crippen LogP contribution in [0.4, 0.5) is 0 Å². The van der Waals surface area contributed by atoms with Crippen molar-refractivity contribution in [2.75, 3.05) is 20.2 Å². The summed E-state index contributed by atoms with van der Waals surface area (Å²) in [5.41, 5.74) is 3.10. The summed E-state index contributed by atoms with van der Waals surface area (Å²) in [6.07, 6.45) is 3.29. The number of benzene rings is 1. The topological polar surface area (TPSA) is 39.4 Å². The van der Waals surface area contributed by atoms with Crippen LogP contribution in [0.5, 0.6) is 0 Å². The van der Waals surface area contributed by atoms with Crippen LogP contribution < -0.4 is 10.5 Å². The molecule has 0 bridgehead atoms. The Hall–Kier alpha value is -1.75. The lowest BCUT2D eigenvalue weighted by molar-refractivity contribution is 0.154. The number of hydrogen-bond acceptors (Lipinski definition) is 3. The second-order valence-corrected chi connectivity index (χ2v) is 6.05. The molecule has 0 spiro atoms. The van der Waals surface area contributed by atoms with Crippen molar-refractivity contribution in [2.45, 2.75) is 45.7 Å². The van der Waals surface area contributed by atoms with Gasteiger partial charge in [-0.2, -0.15) is 0 Å². The number of nitrogens with zero attached hydrogens (tertiary/aromatic N) is 3. The molecule has 0 saturated heterocycles. The highest BCUT2D eigenvalue weighted by atomic mass is 16.7. The van der Waals surface area contributed by atoms with Gasteiger partial charge in [-0.3, -0.25) is 9.47 Å². The van der Waals surface area contributed by atoms with E-state index in [-0.39, 0.29) is 5.69 Å². The molecule has 22 heavy (non-hydrogen) atoms. The first-order chi connectivity index (χ1) is 10.7. The van der Waals surface area contributed by atoms with E-state index in [0.717, 1.165) is 49.9 Å². The van der Waals surface area contributed by atoms with Gasteiger partial charge >= 0.3 is 5.69 Å². The number of hydrogen-bond donors (Lipinski definition) is 0. The van der Waals surface area contributed by atoms with Gasteiger partial charge < -0.3 is 4.84 Å². The molecular formula is C17H25N3O2. The molecule has 1 aromatic carbocycles. The minimum Gasteiger partial charge on any atom is -0.412 e. The van der Waals surface area contributed by atoms with Gasteiger partial charge in [0.2, 0.25) is 0 Å². The van der Waals surface area contributed by atoms with Crippen LogP contribution in [-0.4, -0.2) is 40.4 Å². The third kappa shape index (κ3) is 2.33. The maximum absolute atomic E-state index is 12.6. The molecule has 0 N–H and O–H groups in total. The molecule has 0 aliphatic carbocycles. The van der Waals surface area contributed by atoms with Gasteiger partial charge in [0.15, 0.2) is 0 Å². The maximum atomic E-state index is 12.6. The molecule has 3 rings (SSSR count). The largest absolute Gasteiger partial charge is 0.412 e. The molecule has 5 heteroatoms. The minimum atomic E-state index is -0.0670. The normalized spacial score (nSPS) is 17.4. The first kappa shape index (κ1) is 15.2. The predicted molar refractivity (Wildman–Crippen MR) is 88.3 cm³/mol. The van der Waals surface area contributed by atoms with Crippen molar-refractivity contribution in [1.29, 1.82) is 0 Å². The monoisotopic (exact) mass is 303 g/mol. The summed E-state index contributed by atoms with van der Waals surface area (Å²) in [6.45, 7) is 7.35. The molecule has 2 heterocycles. The first-order valence-electron chi connectivity index (χ1n) is 8.22. The molecule has 1 aliphatic rings. The highest BCUT2D eigenvalue weighted by Crippen LogP contribution is 2.26. The Morgan fingerprint density at radius 2 is 2.00 bits per heavy atom. The van der Waals surface area contributed by atoms with Crippen molar-refractivity contribution in [1.82, 2.24) is 14.2 Å². The van der Waals surface area contributed by atoms with E-state index in [4.69, 9.17) is 4.84 Å². The molecule has 1 atom stereocenters. The van der Waals surface area contributed by atoms with Gasteiger partial charge in [0.1, 0.15) is 12.6 Å². The van der Waals surface area contributed by atoms with E-state index in [1.54, 1.807) is 7.11 Å². The molecule has 0 fully saturated rings. The molecule has 2 aromatic rings. The van der Waals surface area contributed by atoms with Gasteiger partial charge in [-0.05, 0) is 44.0 Å². The minimum absolute atomic E-state index is 0.0670. The second-order valence-electron chi connectivity index (χ2n) is 6.05. The molecule has 0 saturated carbocycles. The molecule has 1 aromatic heterocycles. The lowest BCUT2D eigenvalue weighted by Gasteiger charge is -2.34. The third-order valence-corrected chi connectivity index (χ3v) is 4.56. The van der Waals surface area contributed by atoms with Crippen LogP contribution in [0.1, 0.15) is 32.3 Å². The standard InChI is InChI=1S/C17H25N3O2/c1-4-9-18(10-5-2)14-11-13-7-6-8-15-16(13)19(12-14)17(21)20(15)22-3/h6-8,14H,4-5,9-12H2,1-3H3/t14-/m1/s1. The Labute approximate surface area is 131 Å². The van der Waals surface area contributed by atoms with Crippen LogP contribution in [0.2, 0.25) is 0 Å². The summed E-state index contributed by atoms with van der Waals surface area (Å²) < 4.78 is 3.30. The second kappa shape index (κ2) is 6.16. The van der Waals surface area contributed by atoms with Gasteiger partial charge in [0.25, 0.3) is 0 Å². The fraction of sp³-hybridized carbons (Fsp3) is 0.588. The van der Waals surface area contributed by atoms with Crippen molar-refractivity contribution in [2.24, 2.45) is 0 Å². The molecule has 1 aliphatic heterocycles. The fourth-order valence-electron chi connectivity index (χ4n) is 3.70. The molecule has 5 nitrogen and oxygen atoms in total. The highest BCUT2D eigenvalue weighted by molar-refractivity contribution is 5.80. The zero-order valence-electron chi connectivity index (χ0n) is 13.7. The molecular weight excluding hydrogens is 278 g/mol. The quantitative estimate of drug-likeness (QED) is 0.818. The smallest absolute Gasteiger partial charge is 0.362 e. The van der Waals surface area contributed by atoms with Crippen LogP contribution in [0.25, 0.3) is 11.0 Å². The number of para-hydroxylation sites is 1. The van der Waals surface area contributed by atoms with E-state index >= 15 is 0 Å². The average molecular weight is 303 g/mol. The Kier molecular flexibility index (Phi) is 4.25. The van der Waals surface area contributed by atoms with Gasteiger partial charge in [0.05, 0.1) is 5.52 Å². The van der Waals surface area contributed by atoms with Crippen molar-refractivity contribution < 1.29 is 4.84 Å². The van der Waals surface area contributed by atoms with E-state index in [0.29, 0.717) is 6.04 Å². The van der Waals surface area contributed by atoms with Crippen molar-refractivity contribution in [3.63, 3.8) is 0 Å². The zero-order chi connectivity index (χ0) is 15.7. The lowest BCUT2D eigenvalue weighted by Crippen LogP contribution is -2.44. The zero-order valence-corrected chi connectivity index (χ0v) is 13.7. The summed E-state index contributed by atoms with van der Waals surface area (Å²) >= 11 is 0. The van der Waals surface area contributed by atoms with Crippen LogP contribution in [-0.2, 0) is 13.0 Å². The highest BCUT2D eigenvalue weighted by Gasteiger charge is 2.28. The van der Waals surface area contributed by atoms with Gasteiger partial charge in [-0.25, -0.2) is 4.79 Å². The van der Waals surface area contributed by atoms with Gasteiger partial charge in [-0.1, -0.05) is 26.0 Å². The number of aromatic nitrogens is 2. The molecule has 0 amide bonds. The molecule has 0 radical (unpaired) electrons. The van der Waals surface area contributed by atoms with E-state index < -0.39 is 0 Å². The summed E-state index contributed by atoms with van der Waals surface area (Å²) in [5, 5.41) is 0. The summed E-state index contributed by atoms with van der Waals surface area (Å²) in [6, 6.07) is 6.50. The average Bonchev–Trinajstić information content (AvgIpc) is 2.81. The predicted octanol–water partition coefficient (Wildman–Crippen LogP) is 1.91. The maximum Gasteiger partial charge on any atom is 0.362 e. The Balaban J connectivity index is 2.04. The van der Waals surface area contributed by atoms with Crippen molar-refractivity contribution >= 4 is 11.0 Å². The Morgan fingerprint density at radius 3 is 2.64 bits per heavy atom. The summed E-state index contributed by atoms with van der Waals surface area (Å²) in [5.74, 6) is 0. The summed E-state index contributed by atoms with van der Waals surface area (Å²) in [4.78, 5) is 20.4. The SMILES string of the molecule is CCCN(CCC)[C@@H]1Cc2cccc3c2n(c(=O)n3OC)C1. The van der Waals surface area contributed by atoms with Crippen LogP contribution >= 0.6 is 0 Å². The number of imidazole rings is 1. The van der Waals surface area contributed by atoms with Crippen LogP contribution in [0.3, 0.4) is 0 Å². The lowest BCUT2D eigenvalue weighted by atomic mass is 9.99. The Bertz CT molecular complexity index is 710. The summed E-state index contributed by atoms with van der Waals surface area (Å²) in [7, 11) is 1.55.